The first-order valence-corrected chi connectivity index (χ1v) is 7.28. The van der Waals surface area contributed by atoms with Crippen LogP contribution < -0.4 is 5.73 Å². The Hall–Kier alpha value is -0.800. The third-order valence-electron chi connectivity index (χ3n) is 3.96. The summed E-state index contributed by atoms with van der Waals surface area (Å²) in [6.45, 7) is 6.46. The summed E-state index contributed by atoms with van der Waals surface area (Å²) in [7, 11) is 0. The Morgan fingerprint density at radius 1 is 1.22 bits per heavy atom. The lowest BCUT2D eigenvalue weighted by Crippen LogP contribution is -2.41. The number of nitrogens with two attached hydrogens (primary N) is 1. The molecular weight excluding hydrogens is 224 g/mol. The van der Waals surface area contributed by atoms with Gasteiger partial charge in [0.05, 0.1) is 6.04 Å². The SMILES string of the molecule is CCC(N)C(c1ccc(C)o1)N1CCCCCC1. The molecule has 1 aliphatic heterocycles. The van der Waals surface area contributed by atoms with Crippen LogP contribution in [0.1, 0.15) is 56.6 Å². The lowest BCUT2D eigenvalue weighted by atomic mass is 10.0. The van der Waals surface area contributed by atoms with Crippen molar-refractivity contribution in [3.05, 3.63) is 23.7 Å². The van der Waals surface area contributed by atoms with Crippen molar-refractivity contribution in [3.63, 3.8) is 0 Å². The molecule has 1 aromatic heterocycles. The van der Waals surface area contributed by atoms with Gasteiger partial charge >= 0.3 is 0 Å². The molecule has 0 amide bonds. The average Bonchev–Trinajstić information content (AvgIpc) is 2.64. The lowest BCUT2D eigenvalue weighted by molar-refractivity contribution is 0.152. The molecule has 2 unspecified atom stereocenters. The molecule has 2 atom stereocenters. The van der Waals surface area contributed by atoms with E-state index in [0.717, 1.165) is 31.0 Å². The number of aryl methyl sites for hydroxylation is 1. The van der Waals surface area contributed by atoms with Crippen molar-refractivity contribution in [2.75, 3.05) is 13.1 Å². The fourth-order valence-corrected chi connectivity index (χ4v) is 2.87. The second-order valence-corrected chi connectivity index (χ2v) is 5.42. The molecule has 102 valence electrons. The second kappa shape index (κ2) is 6.39. The van der Waals surface area contributed by atoms with Crippen LogP contribution in [0.5, 0.6) is 0 Å². The molecule has 1 aliphatic rings. The molecule has 1 saturated heterocycles. The molecule has 1 fully saturated rings. The van der Waals surface area contributed by atoms with Crippen LogP contribution in [0.15, 0.2) is 16.5 Å². The maximum absolute atomic E-state index is 6.34. The molecule has 0 spiro atoms. The second-order valence-electron chi connectivity index (χ2n) is 5.42. The summed E-state index contributed by atoms with van der Waals surface area (Å²) >= 11 is 0. The van der Waals surface area contributed by atoms with E-state index >= 15 is 0 Å². The molecule has 3 heteroatoms. The average molecular weight is 250 g/mol. The van der Waals surface area contributed by atoms with Crippen LogP contribution in [0.3, 0.4) is 0 Å². The minimum Gasteiger partial charge on any atom is -0.465 e. The van der Waals surface area contributed by atoms with Crippen molar-refractivity contribution in [3.8, 4) is 0 Å². The van der Waals surface area contributed by atoms with Crippen LogP contribution in [-0.4, -0.2) is 24.0 Å². The van der Waals surface area contributed by atoms with Crippen LogP contribution in [0, 0.1) is 6.92 Å². The molecular formula is C15H26N2O. The zero-order chi connectivity index (χ0) is 13.0. The summed E-state index contributed by atoms with van der Waals surface area (Å²) in [5, 5.41) is 0. The predicted molar refractivity (Wildman–Crippen MR) is 74.5 cm³/mol. The van der Waals surface area contributed by atoms with Gasteiger partial charge in [-0.25, -0.2) is 0 Å². The molecule has 18 heavy (non-hydrogen) atoms. The van der Waals surface area contributed by atoms with Gasteiger partial charge in [-0.3, -0.25) is 4.90 Å². The van der Waals surface area contributed by atoms with Crippen LogP contribution in [0.4, 0.5) is 0 Å². The first-order chi connectivity index (χ1) is 8.72. The van der Waals surface area contributed by atoms with Crippen molar-refractivity contribution in [1.82, 2.24) is 4.90 Å². The van der Waals surface area contributed by atoms with Gasteiger partial charge in [-0.1, -0.05) is 19.8 Å². The highest BCUT2D eigenvalue weighted by atomic mass is 16.3. The Labute approximate surface area is 110 Å². The topological polar surface area (TPSA) is 42.4 Å². The summed E-state index contributed by atoms with van der Waals surface area (Å²) in [5.74, 6) is 2.02. The summed E-state index contributed by atoms with van der Waals surface area (Å²) < 4.78 is 5.84. The Morgan fingerprint density at radius 2 is 1.89 bits per heavy atom. The van der Waals surface area contributed by atoms with E-state index in [2.05, 4.69) is 17.9 Å². The van der Waals surface area contributed by atoms with E-state index in [1.165, 1.54) is 25.7 Å². The summed E-state index contributed by atoms with van der Waals surface area (Å²) in [4.78, 5) is 2.53. The molecule has 2 heterocycles. The zero-order valence-electron chi connectivity index (χ0n) is 11.7. The zero-order valence-corrected chi connectivity index (χ0v) is 11.7. The Bertz CT molecular complexity index is 353. The third kappa shape index (κ3) is 3.15. The van der Waals surface area contributed by atoms with Gasteiger partial charge in [0.25, 0.3) is 0 Å². The summed E-state index contributed by atoms with van der Waals surface area (Å²) in [5.41, 5.74) is 6.34. The van der Waals surface area contributed by atoms with Crippen molar-refractivity contribution in [2.24, 2.45) is 5.73 Å². The Morgan fingerprint density at radius 3 is 2.39 bits per heavy atom. The molecule has 0 bridgehead atoms. The van der Waals surface area contributed by atoms with E-state index < -0.39 is 0 Å². The molecule has 2 rings (SSSR count). The summed E-state index contributed by atoms with van der Waals surface area (Å²) in [6.07, 6.45) is 6.25. The first-order valence-electron chi connectivity index (χ1n) is 7.28. The quantitative estimate of drug-likeness (QED) is 0.892. The largest absolute Gasteiger partial charge is 0.465 e. The minimum absolute atomic E-state index is 0.161. The fourth-order valence-electron chi connectivity index (χ4n) is 2.87. The van der Waals surface area contributed by atoms with Gasteiger partial charge in [-0.15, -0.1) is 0 Å². The molecule has 2 N–H and O–H groups in total. The van der Waals surface area contributed by atoms with E-state index in [9.17, 15) is 0 Å². The van der Waals surface area contributed by atoms with E-state index in [0.29, 0.717) is 0 Å². The van der Waals surface area contributed by atoms with Crippen molar-refractivity contribution in [2.45, 2.75) is 58.0 Å². The van der Waals surface area contributed by atoms with Gasteiger partial charge in [0.15, 0.2) is 0 Å². The molecule has 0 saturated carbocycles. The van der Waals surface area contributed by atoms with Gasteiger partial charge < -0.3 is 10.2 Å². The Balaban J connectivity index is 2.18. The molecule has 0 aliphatic carbocycles. The highest BCUT2D eigenvalue weighted by molar-refractivity contribution is 5.12. The number of rotatable bonds is 4. The normalized spacial score (nSPS) is 21.5. The first kappa shape index (κ1) is 13.6. The number of likely N-dealkylation sites (tertiary alicyclic amines) is 1. The van der Waals surface area contributed by atoms with E-state index in [1.807, 2.05) is 13.0 Å². The van der Waals surface area contributed by atoms with E-state index in [4.69, 9.17) is 10.2 Å². The molecule has 0 radical (unpaired) electrons. The van der Waals surface area contributed by atoms with Crippen LogP contribution in [-0.2, 0) is 0 Å². The number of furan rings is 1. The summed E-state index contributed by atoms with van der Waals surface area (Å²) in [6, 6.07) is 4.55. The maximum Gasteiger partial charge on any atom is 0.122 e. The standard InChI is InChI=1S/C15H26N2O/c1-3-13(16)15(14-9-8-12(2)18-14)17-10-6-4-5-7-11-17/h8-9,13,15H,3-7,10-11,16H2,1-2H3. The highest BCUT2D eigenvalue weighted by Gasteiger charge is 2.28. The van der Waals surface area contributed by atoms with Crippen molar-refractivity contribution in [1.29, 1.82) is 0 Å². The lowest BCUT2D eigenvalue weighted by Gasteiger charge is -2.33. The van der Waals surface area contributed by atoms with Crippen LogP contribution in [0.25, 0.3) is 0 Å². The molecule has 0 aromatic carbocycles. The maximum atomic E-state index is 6.34. The highest BCUT2D eigenvalue weighted by Crippen LogP contribution is 2.29. The molecule has 1 aromatic rings. The van der Waals surface area contributed by atoms with Gasteiger partial charge in [-0.05, 0) is 51.4 Å². The number of nitrogens with zero attached hydrogens (tertiary/aromatic N) is 1. The van der Waals surface area contributed by atoms with Crippen LogP contribution >= 0.6 is 0 Å². The smallest absolute Gasteiger partial charge is 0.122 e. The minimum atomic E-state index is 0.161. The van der Waals surface area contributed by atoms with Gasteiger partial charge in [0.2, 0.25) is 0 Å². The Kier molecular flexibility index (Phi) is 4.84. The molecule has 3 nitrogen and oxygen atoms in total. The monoisotopic (exact) mass is 250 g/mol. The number of hydrogen-bond acceptors (Lipinski definition) is 3. The van der Waals surface area contributed by atoms with E-state index in [1.54, 1.807) is 0 Å². The van der Waals surface area contributed by atoms with Crippen molar-refractivity contribution >= 4 is 0 Å². The van der Waals surface area contributed by atoms with Crippen molar-refractivity contribution < 1.29 is 4.42 Å². The van der Waals surface area contributed by atoms with Gasteiger partial charge in [0, 0.05) is 6.04 Å². The van der Waals surface area contributed by atoms with Gasteiger partial charge in [0.1, 0.15) is 11.5 Å². The third-order valence-corrected chi connectivity index (χ3v) is 3.96. The predicted octanol–water partition coefficient (Wildman–Crippen LogP) is 3.24. The van der Waals surface area contributed by atoms with Crippen LogP contribution in [0.2, 0.25) is 0 Å². The number of hydrogen-bond donors (Lipinski definition) is 1. The van der Waals surface area contributed by atoms with Gasteiger partial charge in [-0.2, -0.15) is 0 Å². The fraction of sp³-hybridized carbons (Fsp3) is 0.733. The van der Waals surface area contributed by atoms with E-state index in [-0.39, 0.29) is 12.1 Å².